The summed E-state index contributed by atoms with van der Waals surface area (Å²) in [6.45, 7) is 11.1. The Labute approximate surface area is 107 Å². The molecule has 0 heterocycles. The Kier molecular flexibility index (Phi) is 5.23. The van der Waals surface area contributed by atoms with E-state index >= 15 is 0 Å². The molecule has 106 valence electrons. The molecule has 0 rings (SSSR count). The number of allylic oxidation sites excluding steroid dienone is 1. The molecule has 0 unspecified atom stereocenters. The second kappa shape index (κ2) is 5.46. The summed E-state index contributed by atoms with van der Waals surface area (Å²) in [6, 6.07) is 0.696. The minimum absolute atomic E-state index is 0.696. The Balaban J connectivity index is 4.96. The van der Waals surface area contributed by atoms with Gasteiger partial charge in [0.25, 0.3) is 0 Å². The van der Waals surface area contributed by atoms with E-state index in [1.807, 2.05) is 0 Å². The lowest BCUT2D eigenvalue weighted by atomic mass is 9.99. The van der Waals surface area contributed by atoms with E-state index in [4.69, 9.17) is 0 Å². The van der Waals surface area contributed by atoms with E-state index in [1.165, 1.54) is 13.8 Å². The van der Waals surface area contributed by atoms with E-state index in [1.54, 1.807) is 13.0 Å². The first kappa shape index (κ1) is 17.2. The standard InChI is InChI=1S/C12H21F3O2Si/c1-7-9(8-18(4,5)6)11(2,3)17-10(16)12(13,14)15/h7H,8H2,1-6H3/b9-7+. The van der Waals surface area contributed by atoms with Crippen molar-refractivity contribution < 1.29 is 22.7 Å². The highest BCUT2D eigenvalue weighted by molar-refractivity contribution is 6.76. The van der Waals surface area contributed by atoms with Gasteiger partial charge in [0.15, 0.2) is 0 Å². The predicted octanol–water partition coefficient (Wildman–Crippen LogP) is 4.16. The van der Waals surface area contributed by atoms with Crippen molar-refractivity contribution in [1.29, 1.82) is 0 Å². The molecule has 2 nitrogen and oxygen atoms in total. The van der Waals surface area contributed by atoms with Crippen LogP contribution in [0, 0.1) is 0 Å². The van der Waals surface area contributed by atoms with E-state index in [0.29, 0.717) is 6.04 Å². The summed E-state index contributed by atoms with van der Waals surface area (Å²) in [4.78, 5) is 10.9. The van der Waals surface area contributed by atoms with Gasteiger partial charge in [0.2, 0.25) is 0 Å². The van der Waals surface area contributed by atoms with Gasteiger partial charge in [0, 0.05) is 8.07 Å². The summed E-state index contributed by atoms with van der Waals surface area (Å²) in [6.07, 6.45) is -3.21. The molecule has 0 aliphatic carbocycles. The zero-order valence-corrected chi connectivity index (χ0v) is 12.7. The van der Waals surface area contributed by atoms with Crippen LogP contribution in [0.5, 0.6) is 0 Å². The van der Waals surface area contributed by atoms with Crippen LogP contribution in [0.3, 0.4) is 0 Å². The highest BCUT2D eigenvalue weighted by Gasteiger charge is 2.44. The lowest BCUT2D eigenvalue weighted by Crippen LogP contribution is -2.38. The van der Waals surface area contributed by atoms with Gasteiger partial charge < -0.3 is 4.74 Å². The largest absolute Gasteiger partial charge is 0.490 e. The maximum atomic E-state index is 12.2. The first-order valence-electron chi connectivity index (χ1n) is 5.75. The van der Waals surface area contributed by atoms with Gasteiger partial charge in [0.05, 0.1) is 0 Å². The van der Waals surface area contributed by atoms with Crippen molar-refractivity contribution in [3.8, 4) is 0 Å². The average Bonchev–Trinajstić information content (AvgIpc) is 2.10. The van der Waals surface area contributed by atoms with Crippen molar-refractivity contribution in [3.05, 3.63) is 11.6 Å². The predicted molar refractivity (Wildman–Crippen MR) is 68.1 cm³/mol. The van der Waals surface area contributed by atoms with Crippen LogP contribution in [0.15, 0.2) is 11.6 Å². The quantitative estimate of drug-likeness (QED) is 0.440. The minimum atomic E-state index is -4.95. The fourth-order valence-corrected chi connectivity index (χ4v) is 3.36. The first-order chi connectivity index (χ1) is 7.79. The summed E-state index contributed by atoms with van der Waals surface area (Å²) in [5.74, 6) is -2.14. The topological polar surface area (TPSA) is 26.3 Å². The lowest BCUT2D eigenvalue weighted by Gasteiger charge is -2.31. The SMILES string of the molecule is C/C=C(\C[Si](C)(C)C)C(C)(C)OC(=O)C(F)(F)F. The molecule has 18 heavy (non-hydrogen) atoms. The summed E-state index contributed by atoms with van der Waals surface area (Å²) in [7, 11) is -1.49. The molecule has 0 spiro atoms. The molecule has 0 aromatic carbocycles. The number of carbonyl (C=O) groups is 1. The maximum Gasteiger partial charge on any atom is 0.490 e. The molecule has 0 radical (unpaired) electrons. The summed E-state index contributed by atoms with van der Waals surface area (Å²) in [5.41, 5.74) is -0.485. The smallest absolute Gasteiger partial charge is 0.448 e. The van der Waals surface area contributed by atoms with Crippen LogP contribution in [-0.4, -0.2) is 25.8 Å². The van der Waals surface area contributed by atoms with Crippen LogP contribution in [0.25, 0.3) is 0 Å². The Morgan fingerprint density at radius 2 is 1.67 bits per heavy atom. The molecule has 0 aliphatic rings. The Morgan fingerprint density at radius 1 is 1.22 bits per heavy atom. The average molecular weight is 282 g/mol. The summed E-state index contributed by atoms with van der Waals surface area (Å²) < 4.78 is 41.2. The fraction of sp³-hybridized carbons (Fsp3) is 0.750. The molecule has 0 bridgehead atoms. The van der Waals surface area contributed by atoms with Gasteiger partial charge in [-0.05, 0) is 32.4 Å². The van der Waals surface area contributed by atoms with E-state index in [9.17, 15) is 18.0 Å². The molecule has 0 saturated carbocycles. The van der Waals surface area contributed by atoms with Crippen molar-refractivity contribution in [2.45, 2.75) is 58.2 Å². The normalized spacial score (nSPS) is 14.6. The lowest BCUT2D eigenvalue weighted by molar-refractivity contribution is -0.208. The van der Waals surface area contributed by atoms with Crippen LogP contribution in [0.1, 0.15) is 20.8 Å². The number of hydrogen-bond acceptors (Lipinski definition) is 2. The number of carbonyl (C=O) groups excluding carboxylic acids is 1. The number of ether oxygens (including phenoxy) is 1. The third-order valence-corrected chi connectivity index (χ3v) is 3.86. The van der Waals surface area contributed by atoms with Crippen molar-refractivity contribution in [2.75, 3.05) is 0 Å². The van der Waals surface area contributed by atoms with Gasteiger partial charge in [-0.25, -0.2) is 4.79 Å². The number of halogens is 3. The van der Waals surface area contributed by atoms with Gasteiger partial charge in [0.1, 0.15) is 5.60 Å². The molecular weight excluding hydrogens is 261 g/mol. The number of esters is 1. The van der Waals surface area contributed by atoms with Crippen LogP contribution < -0.4 is 0 Å². The Morgan fingerprint density at radius 3 is 1.94 bits per heavy atom. The van der Waals surface area contributed by atoms with Crippen LogP contribution in [-0.2, 0) is 9.53 Å². The number of hydrogen-bond donors (Lipinski definition) is 0. The molecule has 0 atom stereocenters. The Bertz CT molecular complexity index is 338. The van der Waals surface area contributed by atoms with Crippen molar-refractivity contribution >= 4 is 14.0 Å². The monoisotopic (exact) mass is 282 g/mol. The summed E-state index contributed by atoms with van der Waals surface area (Å²) in [5, 5.41) is 0. The van der Waals surface area contributed by atoms with Gasteiger partial charge in [-0.1, -0.05) is 25.7 Å². The molecule has 0 fully saturated rings. The zero-order valence-electron chi connectivity index (χ0n) is 11.7. The van der Waals surface area contributed by atoms with Crippen LogP contribution in [0.4, 0.5) is 13.2 Å². The second-order valence-corrected chi connectivity index (χ2v) is 11.4. The minimum Gasteiger partial charge on any atom is -0.448 e. The first-order valence-corrected chi connectivity index (χ1v) is 9.46. The second-order valence-electron chi connectivity index (χ2n) is 5.95. The molecule has 0 saturated heterocycles. The van der Waals surface area contributed by atoms with E-state index < -0.39 is 25.8 Å². The van der Waals surface area contributed by atoms with Gasteiger partial charge >= 0.3 is 12.1 Å². The molecule has 0 aromatic rings. The van der Waals surface area contributed by atoms with Crippen LogP contribution in [0.2, 0.25) is 25.7 Å². The fourth-order valence-electron chi connectivity index (χ4n) is 1.59. The number of rotatable bonds is 4. The van der Waals surface area contributed by atoms with E-state index in [0.717, 1.165) is 5.57 Å². The van der Waals surface area contributed by atoms with Crippen molar-refractivity contribution in [3.63, 3.8) is 0 Å². The van der Waals surface area contributed by atoms with Crippen molar-refractivity contribution in [1.82, 2.24) is 0 Å². The van der Waals surface area contributed by atoms with E-state index in [2.05, 4.69) is 24.4 Å². The van der Waals surface area contributed by atoms with Crippen molar-refractivity contribution in [2.24, 2.45) is 0 Å². The number of alkyl halides is 3. The molecule has 0 aromatic heterocycles. The van der Waals surface area contributed by atoms with Crippen LogP contribution >= 0.6 is 0 Å². The third-order valence-electron chi connectivity index (χ3n) is 2.42. The molecule has 0 N–H and O–H groups in total. The Hall–Kier alpha value is -0.783. The van der Waals surface area contributed by atoms with Gasteiger partial charge in [-0.2, -0.15) is 13.2 Å². The highest BCUT2D eigenvalue weighted by Crippen LogP contribution is 2.31. The summed E-state index contributed by atoms with van der Waals surface area (Å²) >= 11 is 0. The maximum absolute atomic E-state index is 12.2. The third kappa shape index (κ3) is 5.71. The van der Waals surface area contributed by atoms with Gasteiger partial charge in [-0.3, -0.25) is 0 Å². The molecule has 0 amide bonds. The van der Waals surface area contributed by atoms with E-state index in [-0.39, 0.29) is 0 Å². The van der Waals surface area contributed by atoms with Gasteiger partial charge in [-0.15, -0.1) is 0 Å². The molecule has 0 aliphatic heterocycles. The molecular formula is C12H21F3O2Si. The molecule has 6 heteroatoms. The highest BCUT2D eigenvalue weighted by atomic mass is 28.3. The zero-order chi connectivity index (χ0) is 14.8.